The maximum atomic E-state index is 12.8. The number of hydrogen-bond donors (Lipinski definition) is 2. The zero-order valence-corrected chi connectivity index (χ0v) is 12.5. The number of fused-ring (bicyclic) bond motifs is 1. The summed E-state index contributed by atoms with van der Waals surface area (Å²) in [6, 6.07) is 7.38. The zero-order valence-electron chi connectivity index (χ0n) is 12.5. The number of halogens is 1. The minimum Gasteiger partial charge on any atom is -0.469 e. The van der Waals surface area contributed by atoms with Crippen molar-refractivity contribution < 1.29 is 18.4 Å². The van der Waals surface area contributed by atoms with E-state index in [0.717, 1.165) is 36.1 Å². The number of amides is 2. The molecule has 2 amide bonds. The molecule has 1 aromatic heterocycles. The molecule has 0 fully saturated rings. The Bertz CT molecular complexity index is 709. The Hall–Kier alpha value is -2.63. The summed E-state index contributed by atoms with van der Waals surface area (Å²) in [6.45, 7) is 0.175. The van der Waals surface area contributed by atoms with Gasteiger partial charge < -0.3 is 15.1 Å². The lowest BCUT2D eigenvalue weighted by Gasteiger charge is -2.22. The van der Waals surface area contributed by atoms with E-state index in [1.807, 2.05) is 6.07 Å². The highest BCUT2D eigenvalue weighted by molar-refractivity contribution is 6.35. The second-order valence-corrected chi connectivity index (χ2v) is 5.53. The van der Waals surface area contributed by atoms with Crippen molar-refractivity contribution in [3.8, 4) is 0 Å². The van der Waals surface area contributed by atoms with Crippen LogP contribution in [-0.4, -0.2) is 11.8 Å². The third-order valence-electron chi connectivity index (χ3n) is 3.93. The van der Waals surface area contributed by atoms with Gasteiger partial charge in [0.2, 0.25) is 0 Å². The highest BCUT2D eigenvalue weighted by Crippen LogP contribution is 2.30. The number of carbonyl (C=O) groups excluding carboxylic acids is 2. The van der Waals surface area contributed by atoms with E-state index in [4.69, 9.17) is 4.42 Å². The molecular formula is C17H17FN2O3. The number of carbonyl (C=O) groups is 2. The van der Waals surface area contributed by atoms with Gasteiger partial charge in [-0.1, -0.05) is 12.1 Å². The van der Waals surface area contributed by atoms with E-state index in [1.165, 1.54) is 12.1 Å². The predicted octanol–water partition coefficient (Wildman–Crippen LogP) is 2.23. The van der Waals surface area contributed by atoms with Crippen molar-refractivity contribution in [3.05, 3.63) is 59.3 Å². The lowest BCUT2D eigenvalue weighted by molar-refractivity contribution is -0.139. The SMILES string of the molecule is O=C(NCc1ccc(F)cc1)C(=O)NC1CCCc2occc21. The van der Waals surface area contributed by atoms with Crippen LogP contribution in [-0.2, 0) is 22.6 Å². The third-order valence-corrected chi connectivity index (χ3v) is 3.93. The van der Waals surface area contributed by atoms with Gasteiger partial charge in [0.05, 0.1) is 12.3 Å². The summed E-state index contributed by atoms with van der Waals surface area (Å²) in [5.41, 5.74) is 1.67. The van der Waals surface area contributed by atoms with Crippen molar-refractivity contribution in [2.45, 2.75) is 31.8 Å². The first-order valence-corrected chi connectivity index (χ1v) is 7.53. The standard InChI is InChI=1S/C17H17FN2O3/c18-12-6-4-11(5-7-12)10-19-16(21)17(22)20-14-2-1-3-15-13(14)8-9-23-15/h4-9,14H,1-3,10H2,(H,19,21)(H,20,22). The lowest BCUT2D eigenvalue weighted by Crippen LogP contribution is -2.41. The largest absolute Gasteiger partial charge is 0.469 e. The van der Waals surface area contributed by atoms with Gasteiger partial charge in [-0.05, 0) is 36.6 Å². The van der Waals surface area contributed by atoms with E-state index in [-0.39, 0.29) is 18.4 Å². The maximum Gasteiger partial charge on any atom is 0.309 e. The molecule has 6 heteroatoms. The second-order valence-electron chi connectivity index (χ2n) is 5.53. The highest BCUT2D eigenvalue weighted by Gasteiger charge is 2.26. The summed E-state index contributed by atoms with van der Waals surface area (Å²) in [5, 5.41) is 5.26. The van der Waals surface area contributed by atoms with Crippen molar-refractivity contribution in [3.63, 3.8) is 0 Å². The van der Waals surface area contributed by atoms with Gasteiger partial charge in [0.1, 0.15) is 11.6 Å². The molecule has 0 aliphatic heterocycles. The lowest BCUT2D eigenvalue weighted by atomic mass is 9.93. The molecule has 0 saturated heterocycles. The van der Waals surface area contributed by atoms with Crippen LogP contribution in [0.1, 0.15) is 35.8 Å². The average Bonchev–Trinajstić information content (AvgIpc) is 3.03. The fraction of sp³-hybridized carbons (Fsp3) is 0.294. The van der Waals surface area contributed by atoms with E-state index < -0.39 is 11.8 Å². The van der Waals surface area contributed by atoms with Crippen LogP contribution < -0.4 is 10.6 Å². The van der Waals surface area contributed by atoms with E-state index in [0.29, 0.717) is 0 Å². The predicted molar refractivity (Wildman–Crippen MR) is 80.8 cm³/mol. The van der Waals surface area contributed by atoms with Crippen LogP contribution in [0, 0.1) is 5.82 Å². The van der Waals surface area contributed by atoms with Crippen LogP contribution in [0.15, 0.2) is 41.0 Å². The van der Waals surface area contributed by atoms with Gasteiger partial charge in [-0.2, -0.15) is 0 Å². The van der Waals surface area contributed by atoms with Crippen LogP contribution >= 0.6 is 0 Å². The van der Waals surface area contributed by atoms with Gasteiger partial charge in [0, 0.05) is 18.5 Å². The summed E-state index contributed by atoms with van der Waals surface area (Å²) in [6.07, 6.45) is 4.14. The Labute approximate surface area is 132 Å². The summed E-state index contributed by atoms with van der Waals surface area (Å²) in [7, 11) is 0. The minimum absolute atomic E-state index is 0.175. The first kappa shape index (κ1) is 15.3. The molecule has 1 aliphatic rings. The number of rotatable bonds is 3. The molecule has 0 spiro atoms. The van der Waals surface area contributed by atoms with Crippen LogP contribution in [0.3, 0.4) is 0 Å². The molecule has 5 nitrogen and oxygen atoms in total. The molecule has 1 heterocycles. The maximum absolute atomic E-state index is 12.8. The van der Waals surface area contributed by atoms with Crippen molar-refractivity contribution >= 4 is 11.8 Å². The molecule has 1 atom stereocenters. The molecule has 0 bridgehead atoms. The minimum atomic E-state index is -0.704. The number of furan rings is 1. The Morgan fingerprint density at radius 1 is 1.17 bits per heavy atom. The van der Waals surface area contributed by atoms with Crippen LogP contribution in [0.4, 0.5) is 4.39 Å². The van der Waals surface area contributed by atoms with Gasteiger partial charge in [0.15, 0.2) is 0 Å². The molecule has 1 aliphatic carbocycles. The molecule has 120 valence electrons. The van der Waals surface area contributed by atoms with E-state index in [1.54, 1.807) is 18.4 Å². The Kier molecular flexibility index (Phi) is 4.41. The van der Waals surface area contributed by atoms with Crippen molar-refractivity contribution in [2.24, 2.45) is 0 Å². The Morgan fingerprint density at radius 3 is 2.74 bits per heavy atom. The first-order chi connectivity index (χ1) is 11.1. The van der Waals surface area contributed by atoms with Crippen LogP contribution in [0.2, 0.25) is 0 Å². The second kappa shape index (κ2) is 6.64. The molecule has 2 aromatic rings. The molecule has 3 rings (SSSR count). The van der Waals surface area contributed by atoms with Gasteiger partial charge in [-0.25, -0.2) is 4.39 Å². The van der Waals surface area contributed by atoms with Gasteiger partial charge >= 0.3 is 11.8 Å². The van der Waals surface area contributed by atoms with E-state index >= 15 is 0 Å². The zero-order chi connectivity index (χ0) is 16.2. The van der Waals surface area contributed by atoms with Gasteiger partial charge in [-0.15, -0.1) is 0 Å². The van der Waals surface area contributed by atoms with Crippen LogP contribution in [0.25, 0.3) is 0 Å². The third kappa shape index (κ3) is 3.59. The van der Waals surface area contributed by atoms with Crippen molar-refractivity contribution in [2.75, 3.05) is 0 Å². The number of nitrogens with one attached hydrogen (secondary N) is 2. The smallest absolute Gasteiger partial charge is 0.309 e. The summed E-state index contributed by atoms with van der Waals surface area (Å²) in [5.74, 6) is -0.851. The number of benzene rings is 1. The summed E-state index contributed by atoms with van der Waals surface area (Å²) < 4.78 is 18.2. The highest BCUT2D eigenvalue weighted by atomic mass is 19.1. The van der Waals surface area contributed by atoms with Crippen LogP contribution in [0.5, 0.6) is 0 Å². The molecule has 0 saturated carbocycles. The van der Waals surface area contributed by atoms with Crippen molar-refractivity contribution in [1.82, 2.24) is 10.6 Å². The molecular weight excluding hydrogens is 299 g/mol. The quantitative estimate of drug-likeness (QED) is 0.853. The normalized spacial score (nSPS) is 16.5. The number of hydrogen-bond acceptors (Lipinski definition) is 3. The average molecular weight is 316 g/mol. The Balaban J connectivity index is 1.54. The number of aryl methyl sites for hydroxylation is 1. The van der Waals surface area contributed by atoms with Gasteiger partial charge in [0.25, 0.3) is 0 Å². The molecule has 0 radical (unpaired) electrons. The molecule has 1 unspecified atom stereocenters. The molecule has 23 heavy (non-hydrogen) atoms. The molecule has 2 N–H and O–H groups in total. The topological polar surface area (TPSA) is 71.3 Å². The van der Waals surface area contributed by atoms with Gasteiger partial charge in [-0.3, -0.25) is 9.59 Å². The van der Waals surface area contributed by atoms with E-state index in [2.05, 4.69) is 10.6 Å². The summed E-state index contributed by atoms with van der Waals surface area (Å²) >= 11 is 0. The van der Waals surface area contributed by atoms with E-state index in [9.17, 15) is 14.0 Å². The first-order valence-electron chi connectivity index (χ1n) is 7.53. The monoisotopic (exact) mass is 316 g/mol. The fourth-order valence-corrected chi connectivity index (χ4v) is 2.73. The Morgan fingerprint density at radius 2 is 1.96 bits per heavy atom. The fourth-order valence-electron chi connectivity index (χ4n) is 2.73. The molecule has 1 aromatic carbocycles. The summed E-state index contributed by atoms with van der Waals surface area (Å²) in [4.78, 5) is 23.9. The van der Waals surface area contributed by atoms with Crippen molar-refractivity contribution in [1.29, 1.82) is 0 Å².